The summed E-state index contributed by atoms with van der Waals surface area (Å²) in [6.45, 7) is 0.745. The van der Waals surface area contributed by atoms with Crippen molar-refractivity contribution in [3.63, 3.8) is 0 Å². The van der Waals surface area contributed by atoms with Crippen molar-refractivity contribution in [3.05, 3.63) is 17.8 Å². The first kappa shape index (κ1) is 18.7. The number of anilines is 1. The van der Waals surface area contributed by atoms with Crippen LogP contribution in [0.1, 0.15) is 49.0 Å². The number of carbonyl (C=O) groups excluding carboxylic acids is 1. The second-order valence-corrected chi connectivity index (χ2v) is 7.89. The standard InChI is InChI=1S/C16H26N4O3S/c1-17-16(21)15-13(8-9-14(20-15)24(22,23)18-2)19-11-10-12-6-4-3-5-7-12/h8-9,12,18-19H,3-7,10-11H2,1-2H3,(H,17,21). The lowest BCUT2D eigenvalue weighted by atomic mass is 9.87. The molecule has 3 N–H and O–H groups in total. The fraction of sp³-hybridized carbons (Fsp3) is 0.625. The maximum absolute atomic E-state index is 12.0. The molecule has 1 amide bonds. The van der Waals surface area contributed by atoms with Crippen LogP contribution in [0.2, 0.25) is 0 Å². The van der Waals surface area contributed by atoms with Crippen molar-refractivity contribution in [2.45, 2.75) is 43.6 Å². The van der Waals surface area contributed by atoms with Gasteiger partial charge in [-0.15, -0.1) is 0 Å². The molecule has 0 spiro atoms. The van der Waals surface area contributed by atoms with Crippen molar-refractivity contribution in [2.24, 2.45) is 5.92 Å². The van der Waals surface area contributed by atoms with Crippen molar-refractivity contribution in [1.82, 2.24) is 15.0 Å². The molecule has 1 aromatic rings. The number of carbonyl (C=O) groups is 1. The molecule has 0 aromatic carbocycles. The summed E-state index contributed by atoms with van der Waals surface area (Å²) >= 11 is 0. The van der Waals surface area contributed by atoms with Crippen molar-refractivity contribution in [1.29, 1.82) is 0 Å². The summed E-state index contributed by atoms with van der Waals surface area (Å²) in [5, 5.41) is 5.57. The average Bonchev–Trinajstić information content (AvgIpc) is 2.62. The second-order valence-electron chi connectivity index (χ2n) is 6.05. The molecule has 1 fully saturated rings. The molecule has 0 radical (unpaired) electrons. The third-order valence-corrected chi connectivity index (χ3v) is 5.76. The van der Waals surface area contributed by atoms with Gasteiger partial charge in [-0.25, -0.2) is 18.1 Å². The molecular formula is C16H26N4O3S. The van der Waals surface area contributed by atoms with Gasteiger partial charge in [0.15, 0.2) is 10.7 Å². The van der Waals surface area contributed by atoms with Crippen LogP contribution >= 0.6 is 0 Å². The lowest BCUT2D eigenvalue weighted by Gasteiger charge is -2.22. The molecule has 134 valence electrons. The molecule has 24 heavy (non-hydrogen) atoms. The minimum absolute atomic E-state index is 0.0949. The van der Waals surface area contributed by atoms with Crippen molar-refractivity contribution < 1.29 is 13.2 Å². The number of hydrogen-bond acceptors (Lipinski definition) is 5. The van der Waals surface area contributed by atoms with E-state index in [1.807, 2.05) is 0 Å². The van der Waals surface area contributed by atoms with Gasteiger partial charge >= 0.3 is 0 Å². The number of rotatable bonds is 7. The van der Waals surface area contributed by atoms with E-state index in [-0.39, 0.29) is 10.7 Å². The molecular weight excluding hydrogens is 328 g/mol. The Morgan fingerprint density at radius 3 is 2.54 bits per heavy atom. The molecule has 1 aromatic heterocycles. The quantitative estimate of drug-likeness (QED) is 0.692. The van der Waals surface area contributed by atoms with Crippen molar-refractivity contribution in [2.75, 3.05) is 26.0 Å². The number of aromatic nitrogens is 1. The number of amides is 1. The summed E-state index contributed by atoms with van der Waals surface area (Å²) in [7, 11) is -0.878. The van der Waals surface area contributed by atoms with E-state index in [2.05, 4.69) is 20.3 Å². The predicted molar refractivity (Wildman–Crippen MR) is 93.6 cm³/mol. The Labute approximate surface area is 143 Å². The Balaban J connectivity index is 2.11. The van der Waals surface area contributed by atoms with E-state index >= 15 is 0 Å². The number of sulfonamides is 1. The topological polar surface area (TPSA) is 100 Å². The van der Waals surface area contributed by atoms with E-state index in [9.17, 15) is 13.2 Å². The van der Waals surface area contributed by atoms with Crippen LogP contribution in [0.4, 0.5) is 5.69 Å². The Bertz CT molecular complexity index is 670. The summed E-state index contributed by atoms with van der Waals surface area (Å²) in [4.78, 5) is 16.1. The van der Waals surface area contributed by atoms with Gasteiger partial charge < -0.3 is 10.6 Å². The van der Waals surface area contributed by atoms with Gasteiger partial charge in [-0.2, -0.15) is 0 Å². The molecule has 7 nitrogen and oxygen atoms in total. The molecule has 0 unspecified atom stereocenters. The first-order chi connectivity index (χ1) is 11.5. The van der Waals surface area contributed by atoms with E-state index < -0.39 is 15.9 Å². The highest BCUT2D eigenvalue weighted by atomic mass is 32.2. The normalized spacial score (nSPS) is 15.9. The third-order valence-electron chi connectivity index (χ3n) is 4.45. The summed E-state index contributed by atoms with van der Waals surface area (Å²) in [5.41, 5.74) is 0.651. The van der Waals surface area contributed by atoms with Gasteiger partial charge in [0.05, 0.1) is 5.69 Å². The van der Waals surface area contributed by atoms with Crippen LogP contribution < -0.4 is 15.4 Å². The zero-order chi connectivity index (χ0) is 17.6. The van der Waals surface area contributed by atoms with E-state index in [1.165, 1.54) is 52.3 Å². The van der Waals surface area contributed by atoms with Crippen LogP contribution in [0.15, 0.2) is 17.2 Å². The molecule has 0 bridgehead atoms. The molecule has 8 heteroatoms. The molecule has 0 aliphatic heterocycles. The lowest BCUT2D eigenvalue weighted by molar-refractivity contribution is 0.0958. The fourth-order valence-electron chi connectivity index (χ4n) is 3.02. The second kappa shape index (κ2) is 8.43. The predicted octanol–water partition coefficient (Wildman–Crippen LogP) is 1.73. The summed E-state index contributed by atoms with van der Waals surface area (Å²) in [6, 6.07) is 3.00. The van der Waals surface area contributed by atoms with E-state index in [0.717, 1.165) is 18.9 Å². The van der Waals surface area contributed by atoms with Crippen molar-refractivity contribution in [3.8, 4) is 0 Å². The summed E-state index contributed by atoms with van der Waals surface area (Å²) in [6.07, 6.45) is 7.50. The van der Waals surface area contributed by atoms with Gasteiger partial charge in [-0.3, -0.25) is 4.79 Å². The molecule has 1 aliphatic carbocycles. The highest BCUT2D eigenvalue weighted by molar-refractivity contribution is 7.89. The van der Waals surface area contributed by atoms with Crippen LogP contribution in [0.25, 0.3) is 0 Å². The molecule has 2 rings (SSSR count). The van der Waals surface area contributed by atoms with E-state index in [4.69, 9.17) is 0 Å². The van der Waals surface area contributed by atoms with E-state index in [1.54, 1.807) is 6.07 Å². The Hall–Kier alpha value is -1.67. The maximum atomic E-state index is 12.0. The van der Waals surface area contributed by atoms with Gasteiger partial charge in [0.2, 0.25) is 0 Å². The van der Waals surface area contributed by atoms with Crippen LogP contribution in [-0.2, 0) is 10.0 Å². The lowest BCUT2D eigenvalue weighted by Crippen LogP contribution is -2.25. The van der Waals surface area contributed by atoms with Crippen LogP contribution in [0, 0.1) is 5.92 Å². The van der Waals surface area contributed by atoms with Gasteiger partial charge in [-0.1, -0.05) is 32.1 Å². The van der Waals surface area contributed by atoms with Gasteiger partial charge in [-0.05, 0) is 31.5 Å². The number of pyridine rings is 1. The number of hydrogen-bond donors (Lipinski definition) is 3. The zero-order valence-corrected chi connectivity index (χ0v) is 15.1. The van der Waals surface area contributed by atoms with E-state index in [0.29, 0.717) is 5.69 Å². The molecule has 0 saturated heterocycles. The molecule has 0 atom stereocenters. The molecule has 1 heterocycles. The maximum Gasteiger partial charge on any atom is 0.271 e. The Kier molecular flexibility index (Phi) is 6.56. The van der Waals surface area contributed by atoms with Crippen molar-refractivity contribution >= 4 is 21.6 Å². The summed E-state index contributed by atoms with van der Waals surface area (Å²) < 4.78 is 25.9. The highest BCUT2D eigenvalue weighted by Gasteiger charge is 2.20. The Morgan fingerprint density at radius 1 is 1.21 bits per heavy atom. The first-order valence-electron chi connectivity index (χ1n) is 8.38. The minimum atomic E-state index is -3.69. The summed E-state index contributed by atoms with van der Waals surface area (Å²) in [5.74, 6) is 0.315. The smallest absolute Gasteiger partial charge is 0.271 e. The highest BCUT2D eigenvalue weighted by Crippen LogP contribution is 2.26. The first-order valence-corrected chi connectivity index (χ1v) is 9.87. The molecule has 1 saturated carbocycles. The van der Waals surface area contributed by atoms with Gasteiger partial charge in [0.25, 0.3) is 15.9 Å². The van der Waals surface area contributed by atoms with Gasteiger partial charge in [0.1, 0.15) is 0 Å². The minimum Gasteiger partial charge on any atom is -0.383 e. The monoisotopic (exact) mass is 354 g/mol. The average molecular weight is 354 g/mol. The molecule has 1 aliphatic rings. The number of nitrogens with one attached hydrogen (secondary N) is 3. The van der Waals surface area contributed by atoms with Crippen LogP contribution in [0.5, 0.6) is 0 Å². The van der Waals surface area contributed by atoms with Crippen LogP contribution in [0.3, 0.4) is 0 Å². The Morgan fingerprint density at radius 2 is 1.92 bits per heavy atom. The van der Waals surface area contributed by atoms with Gasteiger partial charge in [0, 0.05) is 13.6 Å². The fourth-order valence-corrected chi connectivity index (χ4v) is 3.68. The zero-order valence-electron chi connectivity index (χ0n) is 14.3. The van der Waals surface area contributed by atoms with Crippen LogP contribution in [-0.4, -0.2) is 39.9 Å². The third kappa shape index (κ3) is 4.67. The number of nitrogens with zero attached hydrogens (tertiary/aromatic N) is 1. The largest absolute Gasteiger partial charge is 0.383 e. The SMILES string of the molecule is CNC(=O)c1nc(S(=O)(=O)NC)ccc1NCCC1CCCCC1.